The summed E-state index contributed by atoms with van der Waals surface area (Å²) in [4.78, 5) is 62.4. The van der Waals surface area contributed by atoms with Gasteiger partial charge in [0.15, 0.2) is 0 Å². The van der Waals surface area contributed by atoms with E-state index in [9.17, 15) is 27.6 Å². The standard InChI is InChI=1S/C39H53N5O9S/c1-7-24-18-23(2)12-8-10-14-26-21-39(26,36(47)43-54(49,50)28-16-17-28)42-33(45)30-20-27(22-44(30)35(46)32(24)41-37(48)53-38(3,4)5)52-34-29-15-11-9-13-25(29)19-31(40-34)51-6/h9-11,13-15,19,23-24,26-28,30,32H,7-8,12,16-18,20-22H2,1-6H3,(H,41,48)(H,42,45)(H,43,47). The fraction of sp³-hybridized carbons (Fsp3) is 0.615. The van der Waals surface area contributed by atoms with Crippen molar-refractivity contribution in [1.29, 1.82) is 0 Å². The summed E-state index contributed by atoms with van der Waals surface area (Å²) in [5, 5.41) is 6.66. The van der Waals surface area contributed by atoms with Crippen LogP contribution in [-0.2, 0) is 29.1 Å². The Labute approximate surface area is 317 Å². The van der Waals surface area contributed by atoms with Gasteiger partial charge in [0.2, 0.25) is 33.6 Å². The minimum Gasteiger partial charge on any atom is -0.481 e. The molecule has 3 fully saturated rings. The summed E-state index contributed by atoms with van der Waals surface area (Å²) in [6.07, 6.45) is 6.21. The molecule has 1 saturated heterocycles. The lowest BCUT2D eigenvalue weighted by molar-refractivity contribution is -0.142. The van der Waals surface area contributed by atoms with Gasteiger partial charge in [-0.15, -0.1) is 0 Å². The van der Waals surface area contributed by atoms with Gasteiger partial charge in [0.05, 0.1) is 18.9 Å². The quantitative estimate of drug-likeness (QED) is 0.327. The second-order valence-electron chi connectivity index (χ2n) is 16.3. The highest BCUT2D eigenvalue weighted by Crippen LogP contribution is 2.46. The number of pyridine rings is 1. The number of fused-ring (bicyclic) bond motifs is 3. The fourth-order valence-electron chi connectivity index (χ4n) is 7.65. The van der Waals surface area contributed by atoms with Crippen LogP contribution in [0.5, 0.6) is 11.8 Å². The first-order valence-corrected chi connectivity index (χ1v) is 20.5. The van der Waals surface area contributed by atoms with Crippen LogP contribution in [0.4, 0.5) is 4.79 Å². The zero-order valence-electron chi connectivity index (χ0n) is 31.9. The van der Waals surface area contributed by atoms with E-state index < -0.39 is 74.3 Å². The first kappa shape index (κ1) is 39.3. The lowest BCUT2D eigenvalue weighted by Crippen LogP contribution is -2.59. The topological polar surface area (TPSA) is 182 Å². The SMILES string of the molecule is CCC1CC(C)CCC=CC2CC2(C(=O)NS(=O)(=O)C2CC2)NC(=O)C2CC(Oc3nc(OC)cc4ccccc34)CN2C(=O)C1NC(=O)OC(C)(C)C. The van der Waals surface area contributed by atoms with E-state index in [2.05, 4.69) is 27.3 Å². The van der Waals surface area contributed by atoms with E-state index in [0.717, 1.165) is 11.8 Å². The zero-order valence-corrected chi connectivity index (χ0v) is 32.7. The van der Waals surface area contributed by atoms with Crippen molar-refractivity contribution in [1.82, 2.24) is 25.2 Å². The van der Waals surface area contributed by atoms with Gasteiger partial charge >= 0.3 is 6.09 Å². The van der Waals surface area contributed by atoms with Crippen molar-refractivity contribution >= 4 is 44.6 Å². The summed E-state index contributed by atoms with van der Waals surface area (Å²) in [6, 6.07) is 7.11. The number of allylic oxidation sites excluding steroid dienone is 1. The third kappa shape index (κ3) is 8.76. The average molecular weight is 768 g/mol. The first-order valence-electron chi connectivity index (χ1n) is 19.0. The van der Waals surface area contributed by atoms with Gasteiger partial charge in [-0.2, -0.15) is 4.98 Å². The molecule has 14 nitrogen and oxygen atoms in total. The monoisotopic (exact) mass is 767 g/mol. The predicted molar refractivity (Wildman–Crippen MR) is 201 cm³/mol. The summed E-state index contributed by atoms with van der Waals surface area (Å²) in [6.45, 7) is 9.26. The summed E-state index contributed by atoms with van der Waals surface area (Å²) in [7, 11) is -2.40. The van der Waals surface area contributed by atoms with Crippen LogP contribution in [0, 0.1) is 17.8 Å². The minimum atomic E-state index is -3.90. The van der Waals surface area contributed by atoms with Crippen LogP contribution in [0.3, 0.4) is 0 Å². The van der Waals surface area contributed by atoms with Crippen molar-refractivity contribution in [3.8, 4) is 11.8 Å². The number of sulfonamides is 1. The Kier molecular flexibility index (Phi) is 11.2. The Hall–Kier alpha value is -4.40. The summed E-state index contributed by atoms with van der Waals surface area (Å²) >= 11 is 0. The van der Waals surface area contributed by atoms with Gasteiger partial charge in [-0.05, 0) is 82.6 Å². The number of nitrogens with one attached hydrogen (secondary N) is 3. The van der Waals surface area contributed by atoms with Crippen LogP contribution in [0.1, 0.15) is 86.0 Å². The van der Waals surface area contributed by atoms with Crippen LogP contribution in [0.15, 0.2) is 42.5 Å². The summed E-state index contributed by atoms with van der Waals surface area (Å²) < 4.78 is 45.5. The van der Waals surface area contributed by atoms with E-state index in [1.165, 1.54) is 12.0 Å². The maximum Gasteiger partial charge on any atom is 0.408 e. The molecule has 0 spiro atoms. The van der Waals surface area contributed by atoms with Gasteiger partial charge in [-0.3, -0.25) is 19.1 Å². The fourth-order valence-corrected chi connectivity index (χ4v) is 9.01. The van der Waals surface area contributed by atoms with Gasteiger partial charge in [-0.1, -0.05) is 50.6 Å². The summed E-state index contributed by atoms with van der Waals surface area (Å²) in [5.41, 5.74) is -2.34. The Bertz CT molecular complexity index is 1910. The van der Waals surface area contributed by atoms with Crippen molar-refractivity contribution in [3.05, 3.63) is 42.5 Å². The van der Waals surface area contributed by atoms with Crippen molar-refractivity contribution in [2.45, 2.75) is 121 Å². The number of benzene rings is 1. The molecule has 7 unspecified atom stereocenters. The molecule has 7 atom stereocenters. The van der Waals surface area contributed by atoms with Gasteiger partial charge in [0.25, 0.3) is 5.91 Å². The summed E-state index contributed by atoms with van der Waals surface area (Å²) in [5.74, 6) is -1.87. The van der Waals surface area contributed by atoms with Crippen LogP contribution < -0.4 is 24.8 Å². The van der Waals surface area contributed by atoms with Crippen molar-refractivity contribution in [2.75, 3.05) is 13.7 Å². The Balaban J connectivity index is 1.37. The zero-order chi connectivity index (χ0) is 39.0. The predicted octanol–water partition coefficient (Wildman–Crippen LogP) is 4.37. The van der Waals surface area contributed by atoms with E-state index >= 15 is 0 Å². The van der Waals surface area contributed by atoms with Gasteiger partial charge in [0, 0.05) is 23.8 Å². The maximum atomic E-state index is 14.9. The normalized spacial score (nSPS) is 29.2. The molecule has 2 aromatic rings. The molecule has 2 aliphatic carbocycles. The second-order valence-corrected chi connectivity index (χ2v) is 18.2. The number of carbonyl (C=O) groups excluding carboxylic acids is 4. The molecule has 1 aromatic heterocycles. The van der Waals surface area contributed by atoms with Gasteiger partial charge in [0.1, 0.15) is 29.3 Å². The molecular weight excluding hydrogens is 715 g/mol. The number of rotatable bonds is 8. The lowest BCUT2D eigenvalue weighted by atomic mass is 9.85. The molecule has 294 valence electrons. The van der Waals surface area contributed by atoms with E-state index in [0.29, 0.717) is 43.4 Å². The van der Waals surface area contributed by atoms with Crippen molar-refractivity contribution < 1.29 is 41.8 Å². The number of nitrogens with zero attached hydrogens (tertiary/aromatic N) is 2. The van der Waals surface area contributed by atoms with E-state index in [-0.39, 0.29) is 37.1 Å². The molecule has 0 radical (unpaired) electrons. The molecule has 2 aliphatic heterocycles. The number of hydrogen-bond acceptors (Lipinski definition) is 10. The largest absolute Gasteiger partial charge is 0.481 e. The number of aromatic nitrogens is 1. The Morgan fingerprint density at radius 3 is 2.54 bits per heavy atom. The maximum absolute atomic E-state index is 14.9. The molecule has 4 aliphatic rings. The number of amides is 4. The molecule has 2 saturated carbocycles. The molecule has 1 aromatic carbocycles. The van der Waals surface area contributed by atoms with E-state index in [1.54, 1.807) is 26.8 Å². The first-order chi connectivity index (χ1) is 25.5. The van der Waals surface area contributed by atoms with Crippen molar-refractivity contribution in [2.24, 2.45) is 17.8 Å². The number of ether oxygens (including phenoxy) is 3. The molecule has 6 rings (SSSR count). The molecule has 3 N–H and O–H groups in total. The number of methoxy groups -OCH3 is 1. The van der Waals surface area contributed by atoms with E-state index in [4.69, 9.17) is 14.2 Å². The third-order valence-electron chi connectivity index (χ3n) is 10.8. The molecule has 15 heteroatoms. The highest BCUT2D eigenvalue weighted by Gasteiger charge is 2.62. The smallest absolute Gasteiger partial charge is 0.408 e. The number of carbonyl (C=O) groups is 4. The Morgan fingerprint density at radius 2 is 1.85 bits per heavy atom. The average Bonchev–Trinajstić information content (AvgIpc) is 4.04. The third-order valence-corrected chi connectivity index (χ3v) is 12.6. The second kappa shape index (κ2) is 15.4. The molecule has 4 amide bonds. The molecular formula is C39H53N5O9S. The lowest BCUT2D eigenvalue weighted by Gasteiger charge is -2.34. The molecule has 54 heavy (non-hydrogen) atoms. The minimum absolute atomic E-state index is 0.0266. The Morgan fingerprint density at radius 1 is 1.11 bits per heavy atom. The van der Waals surface area contributed by atoms with Crippen molar-refractivity contribution in [3.63, 3.8) is 0 Å². The molecule has 0 bridgehead atoms. The van der Waals surface area contributed by atoms with Crippen LogP contribution >= 0.6 is 0 Å². The number of hydrogen-bond donors (Lipinski definition) is 3. The van der Waals surface area contributed by atoms with Gasteiger partial charge in [-0.25, -0.2) is 13.2 Å². The van der Waals surface area contributed by atoms with Gasteiger partial charge < -0.3 is 29.7 Å². The molecule has 3 heterocycles. The highest BCUT2D eigenvalue weighted by atomic mass is 32.2. The van der Waals surface area contributed by atoms with Crippen LogP contribution in [0.25, 0.3) is 10.8 Å². The van der Waals surface area contributed by atoms with E-state index in [1.807, 2.05) is 43.3 Å². The number of alkyl carbamates (subject to hydrolysis) is 1. The van der Waals surface area contributed by atoms with Crippen LogP contribution in [-0.4, -0.2) is 90.3 Å². The van der Waals surface area contributed by atoms with Crippen LogP contribution in [0.2, 0.25) is 0 Å². The highest BCUT2D eigenvalue weighted by molar-refractivity contribution is 7.91.